The highest BCUT2D eigenvalue weighted by Crippen LogP contribution is 2.44. The van der Waals surface area contributed by atoms with E-state index in [1.165, 1.54) is 32.1 Å². The molecule has 5 rings (SSSR count). The summed E-state index contributed by atoms with van der Waals surface area (Å²) in [7, 11) is 0. The van der Waals surface area contributed by atoms with E-state index in [1.54, 1.807) is 41.8 Å². The summed E-state index contributed by atoms with van der Waals surface area (Å²) >= 11 is 1.64. The first-order valence-corrected chi connectivity index (χ1v) is 12.3. The molecule has 0 atom stereocenters. The smallest absolute Gasteiger partial charge is 0.335 e. The molecule has 1 aliphatic rings. The molecule has 0 saturated heterocycles. The second kappa shape index (κ2) is 10.1. The van der Waals surface area contributed by atoms with Crippen molar-refractivity contribution in [3.63, 3.8) is 0 Å². The molecule has 172 valence electrons. The van der Waals surface area contributed by atoms with Gasteiger partial charge in [0.05, 0.1) is 5.56 Å². The first-order valence-electron chi connectivity index (χ1n) is 11.5. The molecule has 2 aromatic carbocycles. The van der Waals surface area contributed by atoms with E-state index in [9.17, 15) is 4.79 Å². The molecule has 34 heavy (non-hydrogen) atoms. The van der Waals surface area contributed by atoms with Gasteiger partial charge >= 0.3 is 5.97 Å². The minimum Gasteiger partial charge on any atom is -0.478 e. The Labute approximate surface area is 202 Å². The molecule has 1 saturated carbocycles. The van der Waals surface area contributed by atoms with Crippen molar-refractivity contribution in [2.45, 2.75) is 38.0 Å². The van der Waals surface area contributed by atoms with Crippen LogP contribution in [-0.4, -0.2) is 21.0 Å². The largest absolute Gasteiger partial charge is 0.478 e. The topological polar surface area (TPSA) is 84.3 Å². The van der Waals surface area contributed by atoms with E-state index in [1.807, 2.05) is 30.3 Å². The predicted octanol–water partition coefficient (Wildman–Crippen LogP) is 7.49. The first kappa shape index (κ1) is 22.1. The number of thiazole rings is 1. The maximum atomic E-state index is 11.1. The number of carboxylic acids is 1. The number of carboxylic acid groups (broad SMARTS) is 1. The lowest BCUT2D eigenvalue weighted by molar-refractivity contribution is 0.0697. The Bertz CT molecular complexity index is 1270. The number of aromatic carboxylic acids is 1. The van der Waals surface area contributed by atoms with E-state index in [4.69, 9.17) is 14.8 Å². The molecular formula is C27H25N3O3S. The molecule has 2 heterocycles. The molecule has 0 unspecified atom stereocenters. The summed E-state index contributed by atoms with van der Waals surface area (Å²) in [5, 5.41) is 14.2. The van der Waals surface area contributed by atoms with Crippen LogP contribution in [0.1, 0.15) is 53.4 Å². The fraction of sp³-hybridized carbons (Fsp3) is 0.222. The lowest BCUT2D eigenvalue weighted by Gasteiger charge is -2.18. The molecule has 6 nitrogen and oxygen atoms in total. The summed E-state index contributed by atoms with van der Waals surface area (Å²) < 4.78 is 6.36. The number of benzene rings is 2. The maximum Gasteiger partial charge on any atom is 0.335 e. The van der Waals surface area contributed by atoms with Crippen molar-refractivity contribution in [2.75, 3.05) is 5.32 Å². The van der Waals surface area contributed by atoms with Gasteiger partial charge in [0.15, 0.2) is 0 Å². The minimum absolute atomic E-state index is 0.239. The van der Waals surface area contributed by atoms with E-state index < -0.39 is 5.97 Å². The van der Waals surface area contributed by atoms with Gasteiger partial charge in [-0.1, -0.05) is 60.9 Å². The van der Waals surface area contributed by atoms with Gasteiger partial charge in [-0.15, -0.1) is 0 Å². The van der Waals surface area contributed by atoms with Gasteiger partial charge in [-0.25, -0.2) is 14.8 Å². The molecule has 7 heteroatoms. The van der Waals surface area contributed by atoms with Crippen LogP contribution in [0.25, 0.3) is 11.3 Å². The molecule has 0 spiro atoms. The van der Waals surface area contributed by atoms with E-state index in [2.05, 4.69) is 22.4 Å². The first-order chi connectivity index (χ1) is 16.7. The number of pyridine rings is 1. The van der Waals surface area contributed by atoms with Crippen LogP contribution >= 0.6 is 11.3 Å². The van der Waals surface area contributed by atoms with Crippen LogP contribution in [-0.2, 0) is 0 Å². The number of carbonyl (C=O) groups is 1. The van der Waals surface area contributed by atoms with Crippen LogP contribution in [0.4, 0.5) is 11.5 Å². The Hall–Kier alpha value is -3.71. The monoisotopic (exact) mass is 471 g/mol. The number of nitrogens with one attached hydrogen (secondary N) is 1. The molecule has 1 aliphatic carbocycles. The van der Waals surface area contributed by atoms with Crippen molar-refractivity contribution in [3.05, 3.63) is 83.5 Å². The van der Waals surface area contributed by atoms with Crippen molar-refractivity contribution < 1.29 is 14.6 Å². The standard InChI is InChI=1S/C27H25N3O3S/c31-26(32)20-11-13-21(14-12-20)29-23-17-22(15-16-28-23)33-27-24(18-7-3-1-4-8-18)30-25(34-27)19-9-5-2-6-10-19/h1,3-4,7-8,11-17,19H,2,5-6,9-10H2,(H,28,29)(H,31,32). The Morgan fingerprint density at radius 2 is 1.76 bits per heavy atom. The van der Waals surface area contributed by atoms with Crippen molar-refractivity contribution in [1.82, 2.24) is 9.97 Å². The van der Waals surface area contributed by atoms with Crippen LogP contribution in [0.15, 0.2) is 72.9 Å². The number of aromatic nitrogens is 2. The highest BCUT2D eigenvalue weighted by Gasteiger charge is 2.23. The average molecular weight is 472 g/mol. The third-order valence-corrected chi connectivity index (χ3v) is 7.06. The van der Waals surface area contributed by atoms with Gasteiger partial charge in [0, 0.05) is 29.4 Å². The number of ether oxygens (including phenoxy) is 1. The zero-order valence-electron chi connectivity index (χ0n) is 18.6. The zero-order valence-corrected chi connectivity index (χ0v) is 19.4. The van der Waals surface area contributed by atoms with Crippen molar-refractivity contribution in [3.8, 4) is 22.1 Å². The minimum atomic E-state index is -0.952. The molecule has 0 aliphatic heterocycles. The third-order valence-electron chi connectivity index (χ3n) is 5.96. The molecular weight excluding hydrogens is 446 g/mol. The second-order valence-corrected chi connectivity index (χ2v) is 9.37. The lowest BCUT2D eigenvalue weighted by atomic mass is 9.90. The van der Waals surface area contributed by atoms with Gasteiger partial charge in [0.2, 0.25) is 5.06 Å². The van der Waals surface area contributed by atoms with Crippen molar-refractivity contribution >= 4 is 28.8 Å². The quantitative estimate of drug-likeness (QED) is 0.290. The number of hydrogen-bond acceptors (Lipinski definition) is 6. The summed E-state index contributed by atoms with van der Waals surface area (Å²) in [6.07, 6.45) is 7.88. The van der Waals surface area contributed by atoms with E-state index in [0.29, 0.717) is 17.5 Å². The third kappa shape index (κ3) is 5.10. The SMILES string of the molecule is O=C(O)c1ccc(Nc2cc(Oc3sc(C4CCCCC4)nc3-c3ccccc3)ccn2)cc1. The fourth-order valence-corrected chi connectivity index (χ4v) is 5.32. The van der Waals surface area contributed by atoms with Crippen molar-refractivity contribution in [2.24, 2.45) is 0 Å². The van der Waals surface area contributed by atoms with Crippen LogP contribution in [0.2, 0.25) is 0 Å². The molecule has 1 fully saturated rings. The number of anilines is 2. The lowest BCUT2D eigenvalue weighted by Crippen LogP contribution is -2.03. The van der Waals surface area contributed by atoms with E-state index in [0.717, 1.165) is 27.0 Å². The van der Waals surface area contributed by atoms with Gasteiger partial charge in [0.1, 0.15) is 22.3 Å². The van der Waals surface area contributed by atoms with Gasteiger partial charge in [-0.05, 0) is 43.2 Å². The van der Waals surface area contributed by atoms with Gasteiger partial charge < -0.3 is 15.2 Å². The highest BCUT2D eigenvalue weighted by molar-refractivity contribution is 7.14. The summed E-state index contributed by atoms with van der Waals surface area (Å²) in [5.74, 6) is 0.822. The van der Waals surface area contributed by atoms with Gasteiger partial charge in [-0.3, -0.25) is 0 Å². The normalized spacial score (nSPS) is 14.0. The molecule has 0 bridgehead atoms. The summed E-state index contributed by atoms with van der Waals surface area (Å²) in [5.41, 5.74) is 2.91. The maximum absolute atomic E-state index is 11.1. The Balaban J connectivity index is 1.40. The number of hydrogen-bond donors (Lipinski definition) is 2. The highest BCUT2D eigenvalue weighted by atomic mass is 32.1. The summed E-state index contributed by atoms with van der Waals surface area (Å²) in [4.78, 5) is 20.5. The Kier molecular flexibility index (Phi) is 6.53. The van der Waals surface area contributed by atoms with Gasteiger partial charge in [0.25, 0.3) is 0 Å². The molecule has 0 amide bonds. The van der Waals surface area contributed by atoms with Crippen LogP contribution in [0.5, 0.6) is 10.8 Å². The fourth-order valence-electron chi connectivity index (χ4n) is 4.19. The average Bonchev–Trinajstić information content (AvgIpc) is 3.29. The van der Waals surface area contributed by atoms with E-state index in [-0.39, 0.29) is 5.56 Å². The summed E-state index contributed by atoms with van der Waals surface area (Å²) in [6, 6.07) is 20.4. The molecule has 2 N–H and O–H groups in total. The van der Waals surface area contributed by atoms with Crippen LogP contribution < -0.4 is 10.1 Å². The second-order valence-electron chi connectivity index (χ2n) is 8.38. The number of rotatable bonds is 7. The Morgan fingerprint density at radius 1 is 1.00 bits per heavy atom. The van der Waals surface area contributed by atoms with Crippen LogP contribution in [0, 0.1) is 0 Å². The Morgan fingerprint density at radius 3 is 2.50 bits per heavy atom. The molecule has 0 radical (unpaired) electrons. The molecule has 4 aromatic rings. The molecule has 2 aromatic heterocycles. The van der Waals surface area contributed by atoms with Crippen LogP contribution in [0.3, 0.4) is 0 Å². The van der Waals surface area contributed by atoms with Crippen molar-refractivity contribution in [1.29, 1.82) is 0 Å². The zero-order chi connectivity index (χ0) is 23.3. The van der Waals surface area contributed by atoms with Gasteiger partial charge in [-0.2, -0.15) is 0 Å². The predicted molar refractivity (Wildman–Crippen MR) is 134 cm³/mol. The number of nitrogens with zero attached hydrogens (tertiary/aromatic N) is 2. The summed E-state index contributed by atoms with van der Waals surface area (Å²) in [6.45, 7) is 0. The van der Waals surface area contributed by atoms with E-state index >= 15 is 0 Å².